The van der Waals surface area contributed by atoms with E-state index in [1.165, 1.54) is 36.6 Å². The van der Waals surface area contributed by atoms with Crippen LogP contribution in [0.25, 0.3) is 0 Å². The number of thiophene rings is 1. The first-order chi connectivity index (χ1) is 9.33. The average Bonchev–Trinajstić information content (AvgIpc) is 2.69. The molecule has 2 aromatic rings. The van der Waals surface area contributed by atoms with Crippen LogP contribution in [-0.4, -0.2) is 20.6 Å². The summed E-state index contributed by atoms with van der Waals surface area (Å²) >= 11 is 4.61. The van der Waals surface area contributed by atoms with Gasteiger partial charge in [-0.2, -0.15) is 0 Å². The fourth-order valence-electron chi connectivity index (χ4n) is 1.66. The van der Waals surface area contributed by atoms with Crippen LogP contribution in [0.1, 0.15) is 4.88 Å². The molecule has 1 aromatic heterocycles. The summed E-state index contributed by atoms with van der Waals surface area (Å²) < 4.78 is 32.6. The van der Waals surface area contributed by atoms with Gasteiger partial charge in [-0.05, 0) is 41.1 Å². The van der Waals surface area contributed by atoms with E-state index in [4.69, 9.17) is 4.74 Å². The van der Waals surface area contributed by atoms with Crippen molar-refractivity contribution in [3.63, 3.8) is 0 Å². The second-order valence-corrected chi connectivity index (χ2v) is 8.25. The van der Waals surface area contributed by atoms with Crippen molar-refractivity contribution in [1.82, 2.24) is 0 Å². The number of methoxy groups -OCH3 is 1. The van der Waals surface area contributed by atoms with Gasteiger partial charge in [0.05, 0.1) is 16.6 Å². The Kier molecular flexibility index (Phi) is 4.26. The third-order valence-corrected chi connectivity index (χ3v) is 5.75. The molecule has 0 saturated carbocycles. The molecule has 0 amide bonds. The number of nitrogens with one attached hydrogen (secondary N) is 1. The van der Waals surface area contributed by atoms with Crippen molar-refractivity contribution in [2.75, 3.05) is 11.8 Å². The third-order valence-electron chi connectivity index (χ3n) is 2.56. The third kappa shape index (κ3) is 3.08. The van der Waals surface area contributed by atoms with Crippen molar-refractivity contribution in [2.45, 2.75) is 11.8 Å². The minimum atomic E-state index is -3.68. The summed E-state index contributed by atoms with van der Waals surface area (Å²) in [6, 6.07) is 5.86. The predicted octanol–water partition coefficient (Wildman–Crippen LogP) is 3.33. The number of phenols is 1. The van der Waals surface area contributed by atoms with E-state index < -0.39 is 10.0 Å². The maximum Gasteiger partial charge on any atom is 0.263 e. The fraction of sp³-hybridized carbons (Fsp3) is 0.167. The van der Waals surface area contributed by atoms with Gasteiger partial charge in [-0.25, -0.2) is 8.42 Å². The number of hydrogen-bond acceptors (Lipinski definition) is 5. The first kappa shape index (κ1) is 15.1. The fourth-order valence-corrected chi connectivity index (χ4v) is 5.13. The highest BCUT2D eigenvalue weighted by Gasteiger charge is 2.20. The molecule has 0 aliphatic heterocycles. The van der Waals surface area contributed by atoms with E-state index in [0.717, 1.165) is 3.79 Å². The van der Waals surface area contributed by atoms with Crippen LogP contribution in [0.4, 0.5) is 5.69 Å². The Labute approximate surface area is 129 Å². The molecule has 2 N–H and O–H groups in total. The Balaban J connectivity index is 2.33. The number of rotatable bonds is 4. The van der Waals surface area contributed by atoms with Gasteiger partial charge < -0.3 is 9.84 Å². The summed E-state index contributed by atoms with van der Waals surface area (Å²) in [7, 11) is -2.26. The van der Waals surface area contributed by atoms with Gasteiger partial charge in [0.1, 0.15) is 4.90 Å². The van der Waals surface area contributed by atoms with E-state index in [0.29, 0.717) is 4.88 Å². The van der Waals surface area contributed by atoms with E-state index in [1.54, 1.807) is 13.0 Å². The van der Waals surface area contributed by atoms with Crippen molar-refractivity contribution in [3.8, 4) is 11.5 Å². The topological polar surface area (TPSA) is 75.6 Å². The number of aryl methyl sites for hydroxylation is 1. The van der Waals surface area contributed by atoms with Crippen molar-refractivity contribution in [3.05, 3.63) is 32.9 Å². The number of hydrogen-bond donors (Lipinski definition) is 2. The van der Waals surface area contributed by atoms with Crippen molar-refractivity contribution < 1.29 is 18.3 Å². The van der Waals surface area contributed by atoms with E-state index in [-0.39, 0.29) is 22.1 Å². The summed E-state index contributed by atoms with van der Waals surface area (Å²) in [6.07, 6.45) is 0. The molecule has 0 aliphatic carbocycles. The quantitative estimate of drug-likeness (QED) is 0.856. The average molecular weight is 378 g/mol. The highest BCUT2D eigenvalue weighted by molar-refractivity contribution is 9.11. The molecular formula is C12H12BrNO4S2. The molecule has 0 spiro atoms. The second-order valence-electron chi connectivity index (χ2n) is 3.96. The predicted molar refractivity (Wildman–Crippen MR) is 82.2 cm³/mol. The van der Waals surface area contributed by atoms with Gasteiger partial charge in [0, 0.05) is 10.9 Å². The Morgan fingerprint density at radius 1 is 1.35 bits per heavy atom. The minimum Gasteiger partial charge on any atom is -0.504 e. The second kappa shape index (κ2) is 5.63. The summed E-state index contributed by atoms with van der Waals surface area (Å²) in [5.41, 5.74) is 0.269. The van der Waals surface area contributed by atoms with Gasteiger partial charge in [-0.3, -0.25) is 4.72 Å². The van der Waals surface area contributed by atoms with Crippen LogP contribution < -0.4 is 9.46 Å². The number of aromatic hydroxyl groups is 1. The van der Waals surface area contributed by atoms with Crippen LogP contribution >= 0.6 is 27.3 Å². The minimum absolute atomic E-state index is 0.129. The van der Waals surface area contributed by atoms with Gasteiger partial charge in [0.15, 0.2) is 11.5 Å². The molecular weight excluding hydrogens is 366 g/mol. The molecule has 5 nitrogen and oxygen atoms in total. The molecule has 1 heterocycles. The molecule has 0 unspecified atom stereocenters. The Bertz CT molecular complexity index is 740. The van der Waals surface area contributed by atoms with Crippen molar-refractivity contribution in [1.29, 1.82) is 0 Å². The molecule has 0 radical (unpaired) electrons. The molecule has 0 bridgehead atoms. The number of ether oxygens (including phenoxy) is 1. The molecule has 1 aromatic carbocycles. The van der Waals surface area contributed by atoms with E-state index >= 15 is 0 Å². The molecule has 0 atom stereocenters. The first-order valence-corrected chi connectivity index (χ1v) is 8.58. The molecule has 20 heavy (non-hydrogen) atoms. The summed E-state index contributed by atoms with van der Waals surface area (Å²) in [5, 5.41) is 9.65. The first-order valence-electron chi connectivity index (χ1n) is 5.49. The van der Waals surface area contributed by atoms with Crippen molar-refractivity contribution >= 4 is 43.0 Å². The Morgan fingerprint density at radius 3 is 2.55 bits per heavy atom. The largest absolute Gasteiger partial charge is 0.504 e. The van der Waals surface area contributed by atoms with Crippen LogP contribution in [0.15, 0.2) is 32.9 Å². The summed E-state index contributed by atoms with van der Waals surface area (Å²) in [6.45, 7) is 1.73. The lowest BCUT2D eigenvalue weighted by Crippen LogP contribution is -2.13. The lowest BCUT2D eigenvalue weighted by molar-refractivity contribution is 0.373. The molecule has 0 saturated heterocycles. The highest BCUT2D eigenvalue weighted by atomic mass is 79.9. The van der Waals surface area contributed by atoms with Gasteiger partial charge >= 0.3 is 0 Å². The normalized spacial score (nSPS) is 11.3. The lowest BCUT2D eigenvalue weighted by Gasteiger charge is -2.09. The lowest BCUT2D eigenvalue weighted by atomic mass is 10.3. The van der Waals surface area contributed by atoms with Crippen molar-refractivity contribution in [2.24, 2.45) is 0 Å². The maximum absolute atomic E-state index is 12.3. The Hall–Kier alpha value is -1.25. The van der Waals surface area contributed by atoms with Crippen LogP contribution in [-0.2, 0) is 10.0 Å². The smallest absolute Gasteiger partial charge is 0.263 e. The van der Waals surface area contributed by atoms with Gasteiger partial charge in [0.25, 0.3) is 10.0 Å². The molecule has 8 heteroatoms. The van der Waals surface area contributed by atoms with Crippen LogP contribution in [0.5, 0.6) is 11.5 Å². The standard InChI is InChI=1S/C12H12BrNO4S2/c1-7-11(6-12(13)19-7)20(16,17)14-8-3-4-10(18-2)9(15)5-8/h3-6,14-15H,1-2H3. The monoisotopic (exact) mass is 377 g/mol. The van der Waals surface area contributed by atoms with Crippen LogP contribution in [0.2, 0.25) is 0 Å². The van der Waals surface area contributed by atoms with Gasteiger partial charge in [0.2, 0.25) is 0 Å². The SMILES string of the molecule is COc1ccc(NS(=O)(=O)c2cc(Br)sc2C)cc1O. The number of phenolic OH excluding ortho intramolecular Hbond substituents is 1. The van der Waals surface area contributed by atoms with Crippen LogP contribution in [0.3, 0.4) is 0 Å². The van der Waals surface area contributed by atoms with Gasteiger partial charge in [-0.1, -0.05) is 0 Å². The number of halogens is 1. The highest BCUT2D eigenvalue weighted by Crippen LogP contribution is 2.33. The van der Waals surface area contributed by atoms with Gasteiger partial charge in [-0.15, -0.1) is 11.3 Å². The molecule has 0 aliphatic rings. The van der Waals surface area contributed by atoms with E-state index in [1.807, 2.05) is 0 Å². The van der Waals surface area contributed by atoms with E-state index in [2.05, 4.69) is 20.7 Å². The number of sulfonamides is 1. The summed E-state index contributed by atoms with van der Waals surface area (Å²) in [4.78, 5) is 0.895. The number of benzene rings is 1. The zero-order valence-electron chi connectivity index (χ0n) is 10.7. The molecule has 108 valence electrons. The molecule has 0 fully saturated rings. The zero-order chi connectivity index (χ0) is 14.9. The Morgan fingerprint density at radius 2 is 2.05 bits per heavy atom. The number of anilines is 1. The zero-order valence-corrected chi connectivity index (χ0v) is 13.9. The molecule has 2 rings (SSSR count). The van der Waals surface area contributed by atoms with E-state index in [9.17, 15) is 13.5 Å². The summed E-state index contributed by atoms with van der Waals surface area (Å²) in [5.74, 6) is 0.151. The maximum atomic E-state index is 12.3. The van der Waals surface area contributed by atoms with Crippen LogP contribution in [0, 0.1) is 6.92 Å².